The minimum atomic E-state index is -3.99. The van der Waals surface area contributed by atoms with Crippen LogP contribution in [0.3, 0.4) is 0 Å². The molecule has 9 nitrogen and oxygen atoms in total. The fourth-order valence-corrected chi connectivity index (χ4v) is 3.69. The van der Waals surface area contributed by atoms with Crippen molar-refractivity contribution in [2.45, 2.75) is 17.9 Å². The molecule has 10 heteroatoms. The first-order valence-electron chi connectivity index (χ1n) is 7.32. The van der Waals surface area contributed by atoms with E-state index in [0.29, 0.717) is 13.2 Å². The zero-order chi connectivity index (χ0) is 17.2. The lowest BCUT2D eigenvalue weighted by atomic mass is 10.2. The summed E-state index contributed by atoms with van der Waals surface area (Å²) >= 11 is 0. The highest BCUT2D eigenvalue weighted by molar-refractivity contribution is 7.89. The van der Waals surface area contributed by atoms with Crippen LogP contribution in [0.15, 0.2) is 20.7 Å². The van der Waals surface area contributed by atoms with Crippen LogP contribution in [0.4, 0.5) is 0 Å². The molecule has 1 saturated heterocycles. The predicted molar refractivity (Wildman–Crippen MR) is 84.0 cm³/mol. The van der Waals surface area contributed by atoms with Gasteiger partial charge in [0.15, 0.2) is 4.90 Å². The molecule has 1 unspecified atom stereocenters. The Labute approximate surface area is 134 Å². The van der Waals surface area contributed by atoms with Gasteiger partial charge in [-0.05, 0) is 6.92 Å². The molecule has 0 bridgehead atoms. The van der Waals surface area contributed by atoms with Crippen LogP contribution in [0.25, 0.3) is 0 Å². The van der Waals surface area contributed by atoms with E-state index in [0.717, 1.165) is 28.4 Å². The van der Waals surface area contributed by atoms with Gasteiger partial charge in [0.2, 0.25) is 10.0 Å². The minimum Gasteiger partial charge on any atom is -0.379 e. The van der Waals surface area contributed by atoms with Crippen molar-refractivity contribution in [1.29, 1.82) is 0 Å². The first kappa shape index (κ1) is 17.9. The lowest BCUT2D eigenvalue weighted by Gasteiger charge is -2.32. The maximum absolute atomic E-state index is 12.4. The molecule has 0 aliphatic carbocycles. The molecular weight excluding hydrogens is 324 g/mol. The van der Waals surface area contributed by atoms with Crippen LogP contribution in [0.2, 0.25) is 0 Å². The van der Waals surface area contributed by atoms with Gasteiger partial charge in [0.25, 0.3) is 5.56 Å². The molecule has 2 rings (SSSR count). The topological polar surface area (TPSA) is 103 Å². The third-order valence-electron chi connectivity index (χ3n) is 3.94. The SMILES string of the molecule is CC(CNS(=O)(=O)c1cn(C)c(=O)n(C)c1=O)N1CCOCC1. The van der Waals surface area contributed by atoms with Gasteiger partial charge in [-0.1, -0.05) is 0 Å². The molecule has 1 fully saturated rings. The normalized spacial score (nSPS) is 18.0. The summed E-state index contributed by atoms with van der Waals surface area (Å²) in [7, 11) is -1.34. The Kier molecular flexibility index (Phi) is 5.40. The molecule has 23 heavy (non-hydrogen) atoms. The summed E-state index contributed by atoms with van der Waals surface area (Å²) in [5.41, 5.74) is -1.41. The zero-order valence-corrected chi connectivity index (χ0v) is 14.3. The first-order chi connectivity index (χ1) is 10.7. The number of rotatable bonds is 5. The average molecular weight is 346 g/mol. The molecule has 2 heterocycles. The summed E-state index contributed by atoms with van der Waals surface area (Å²) in [5.74, 6) is 0. The van der Waals surface area contributed by atoms with Crippen molar-refractivity contribution in [2.24, 2.45) is 14.1 Å². The highest BCUT2D eigenvalue weighted by Crippen LogP contribution is 2.05. The summed E-state index contributed by atoms with van der Waals surface area (Å²) in [6, 6.07) is -0.0231. The Morgan fingerprint density at radius 3 is 2.48 bits per heavy atom. The van der Waals surface area contributed by atoms with Crippen LogP contribution in [0, 0.1) is 0 Å². The second-order valence-corrected chi connectivity index (χ2v) is 7.34. The molecule has 1 aliphatic heterocycles. The number of hydrogen-bond donors (Lipinski definition) is 1. The number of ether oxygens (including phenoxy) is 1. The van der Waals surface area contributed by atoms with Gasteiger partial charge in [-0.3, -0.25) is 14.3 Å². The molecule has 1 N–H and O–H groups in total. The predicted octanol–water partition coefficient (Wildman–Crippen LogP) is -1.92. The fourth-order valence-electron chi connectivity index (χ4n) is 2.41. The number of sulfonamides is 1. The number of nitrogens with one attached hydrogen (secondary N) is 1. The van der Waals surface area contributed by atoms with Gasteiger partial charge in [0.05, 0.1) is 13.2 Å². The lowest BCUT2D eigenvalue weighted by molar-refractivity contribution is 0.0213. The molecule has 1 aromatic rings. The molecule has 0 spiro atoms. The third kappa shape index (κ3) is 3.89. The average Bonchev–Trinajstić information content (AvgIpc) is 2.54. The molecule has 0 amide bonds. The van der Waals surface area contributed by atoms with Crippen LogP contribution in [-0.4, -0.2) is 61.3 Å². The second kappa shape index (κ2) is 6.95. The second-order valence-electron chi connectivity index (χ2n) is 5.60. The van der Waals surface area contributed by atoms with E-state index in [-0.39, 0.29) is 12.6 Å². The number of hydrogen-bond acceptors (Lipinski definition) is 6. The number of aromatic nitrogens is 2. The van der Waals surface area contributed by atoms with E-state index in [9.17, 15) is 18.0 Å². The maximum atomic E-state index is 12.4. The van der Waals surface area contributed by atoms with Crippen LogP contribution >= 0.6 is 0 Å². The Morgan fingerprint density at radius 1 is 1.26 bits per heavy atom. The molecule has 1 aromatic heterocycles. The summed E-state index contributed by atoms with van der Waals surface area (Å²) in [4.78, 5) is 25.4. The van der Waals surface area contributed by atoms with Gasteiger partial charge in [0, 0.05) is 46.0 Å². The van der Waals surface area contributed by atoms with E-state index in [1.165, 1.54) is 14.1 Å². The van der Waals surface area contributed by atoms with E-state index >= 15 is 0 Å². The summed E-state index contributed by atoms with van der Waals surface area (Å²) < 4.78 is 34.3. The van der Waals surface area contributed by atoms with E-state index < -0.39 is 26.2 Å². The summed E-state index contributed by atoms with van der Waals surface area (Å²) in [6.07, 6.45) is 1.05. The van der Waals surface area contributed by atoms with E-state index in [2.05, 4.69) is 9.62 Å². The van der Waals surface area contributed by atoms with Gasteiger partial charge in [0.1, 0.15) is 0 Å². The Bertz CT molecular complexity index is 777. The number of nitrogens with zero attached hydrogens (tertiary/aromatic N) is 3. The van der Waals surface area contributed by atoms with Crippen molar-refractivity contribution in [3.63, 3.8) is 0 Å². The molecule has 1 atom stereocenters. The highest BCUT2D eigenvalue weighted by atomic mass is 32.2. The Morgan fingerprint density at radius 2 is 1.87 bits per heavy atom. The van der Waals surface area contributed by atoms with Crippen LogP contribution in [-0.2, 0) is 28.9 Å². The van der Waals surface area contributed by atoms with Crippen molar-refractivity contribution in [1.82, 2.24) is 18.8 Å². The van der Waals surface area contributed by atoms with Crippen molar-refractivity contribution < 1.29 is 13.2 Å². The van der Waals surface area contributed by atoms with Gasteiger partial charge >= 0.3 is 5.69 Å². The number of morpholine rings is 1. The lowest BCUT2D eigenvalue weighted by Crippen LogP contribution is -2.48. The summed E-state index contributed by atoms with van der Waals surface area (Å²) in [6.45, 7) is 4.81. The minimum absolute atomic E-state index is 0.0231. The molecule has 1 aliphatic rings. The van der Waals surface area contributed by atoms with Gasteiger partial charge in [-0.2, -0.15) is 0 Å². The van der Waals surface area contributed by atoms with Crippen molar-refractivity contribution in [2.75, 3.05) is 32.8 Å². The van der Waals surface area contributed by atoms with Gasteiger partial charge < -0.3 is 9.30 Å². The molecular formula is C13H22N4O5S. The standard InChI is InChI=1S/C13H22N4O5S/c1-10(17-4-6-22-7-5-17)8-14-23(20,21)11-9-15(2)13(19)16(3)12(11)18/h9-10,14H,4-8H2,1-3H3. The van der Waals surface area contributed by atoms with Gasteiger partial charge in [-0.25, -0.2) is 17.9 Å². The van der Waals surface area contributed by atoms with Crippen LogP contribution in [0.5, 0.6) is 0 Å². The number of aryl methyl sites for hydroxylation is 1. The zero-order valence-electron chi connectivity index (χ0n) is 13.5. The van der Waals surface area contributed by atoms with Crippen LogP contribution < -0.4 is 16.0 Å². The molecule has 0 radical (unpaired) electrons. The summed E-state index contributed by atoms with van der Waals surface area (Å²) in [5, 5.41) is 0. The van der Waals surface area contributed by atoms with E-state index in [1.807, 2.05) is 6.92 Å². The molecule has 130 valence electrons. The Hall–Kier alpha value is -1.49. The van der Waals surface area contributed by atoms with Crippen molar-refractivity contribution in [3.8, 4) is 0 Å². The quantitative estimate of drug-likeness (QED) is 0.667. The first-order valence-corrected chi connectivity index (χ1v) is 8.80. The van der Waals surface area contributed by atoms with E-state index in [1.54, 1.807) is 0 Å². The van der Waals surface area contributed by atoms with E-state index in [4.69, 9.17) is 4.74 Å². The maximum Gasteiger partial charge on any atom is 0.330 e. The monoisotopic (exact) mass is 346 g/mol. The highest BCUT2D eigenvalue weighted by Gasteiger charge is 2.24. The third-order valence-corrected chi connectivity index (χ3v) is 5.35. The Balaban J connectivity index is 2.16. The molecule has 0 aromatic carbocycles. The van der Waals surface area contributed by atoms with Gasteiger partial charge in [-0.15, -0.1) is 0 Å². The smallest absolute Gasteiger partial charge is 0.330 e. The van der Waals surface area contributed by atoms with Crippen LogP contribution in [0.1, 0.15) is 6.92 Å². The van der Waals surface area contributed by atoms with Crippen molar-refractivity contribution in [3.05, 3.63) is 27.0 Å². The largest absolute Gasteiger partial charge is 0.379 e. The van der Waals surface area contributed by atoms with Crippen molar-refractivity contribution >= 4 is 10.0 Å². The molecule has 0 saturated carbocycles. The fraction of sp³-hybridized carbons (Fsp3) is 0.692.